The van der Waals surface area contributed by atoms with Gasteiger partial charge in [-0.15, -0.1) is 11.8 Å². The molecule has 2 fully saturated rings. The third kappa shape index (κ3) is 5.25. The molecule has 1 atom stereocenters. The van der Waals surface area contributed by atoms with Gasteiger partial charge in [-0.05, 0) is 56.6 Å². The predicted octanol–water partition coefficient (Wildman–Crippen LogP) is 3.59. The second kappa shape index (κ2) is 10.1. The normalized spacial score (nSPS) is 26.7. The average molecular weight is 444 g/mol. The van der Waals surface area contributed by atoms with E-state index in [0.29, 0.717) is 19.0 Å². The molecule has 2 heterocycles. The maximum absolute atomic E-state index is 13.4. The molecular formula is C24H33N3O3S. The van der Waals surface area contributed by atoms with Crippen LogP contribution in [0.4, 0.5) is 5.69 Å². The van der Waals surface area contributed by atoms with Crippen LogP contribution >= 0.6 is 11.8 Å². The summed E-state index contributed by atoms with van der Waals surface area (Å²) in [7, 11) is 0. The Labute approximate surface area is 189 Å². The lowest BCUT2D eigenvalue weighted by Gasteiger charge is -2.35. The fourth-order valence-corrected chi connectivity index (χ4v) is 6.00. The SMILES string of the molecule is CC1CCC(NC(=O)CN2C(=O)C(C(=O)N3CCCCCC3)Sc3ccccc32)CC1. The van der Waals surface area contributed by atoms with Crippen LogP contribution in [0.5, 0.6) is 0 Å². The number of nitrogens with zero attached hydrogens (tertiary/aromatic N) is 2. The number of anilines is 1. The van der Waals surface area contributed by atoms with Crippen molar-refractivity contribution in [3.8, 4) is 0 Å². The summed E-state index contributed by atoms with van der Waals surface area (Å²) in [4.78, 5) is 43.8. The number of amides is 3. The van der Waals surface area contributed by atoms with Gasteiger partial charge in [0.25, 0.3) is 5.91 Å². The number of likely N-dealkylation sites (tertiary alicyclic amines) is 1. The Morgan fingerprint density at radius 3 is 2.42 bits per heavy atom. The Hall–Kier alpha value is -2.02. The van der Waals surface area contributed by atoms with Crippen molar-refractivity contribution in [1.29, 1.82) is 0 Å². The molecule has 168 valence electrons. The Balaban J connectivity index is 1.48. The summed E-state index contributed by atoms with van der Waals surface area (Å²) in [6, 6.07) is 7.77. The zero-order chi connectivity index (χ0) is 21.8. The van der Waals surface area contributed by atoms with Gasteiger partial charge in [0.2, 0.25) is 11.8 Å². The minimum atomic E-state index is -0.809. The summed E-state index contributed by atoms with van der Waals surface area (Å²) < 4.78 is 0. The van der Waals surface area contributed by atoms with Crippen molar-refractivity contribution in [1.82, 2.24) is 10.2 Å². The molecule has 7 heteroatoms. The molecule has 1 aromatic rings. The maximum Gasteiger partial charge on any atom is 0.250 e. The number of carbonyl (C=O) groups excluding carboxylic acids is 3. The summed E-state index contributed by atoms with van der Waals surface area (Å²) in [6.45, 7) is 3.64. The van der Waals surface area contributed by atoms with E-state index in [4.69, 9.17) is 0 Å². The molecule has 1 aliphatic carbocycles. The van der Waals surface area contributed by atoms with Crippen LogP contribution in [0.3, 0.4) is 0 Å². The van der Waals surface area contributed by atoms with Crippen molar-refractivity contribution in [2.75, 3.05) is 24.5 Å². The standard InChI is InChI=1S/C24H33N3O3S/c1-17-10-12-18(13-11-17)25-21(28)16-27-19-8-4-5-9-20(19)31-22(24(27)30)23(29)26-14-6-2-3-7-15-26/h4-5,8-9,17-18,22H,2-3,6-7,10-16H2,1H3,(H,25,28). The minimum absolute atomic E-state index is 0.0355. The molecule has 6 nitrogen and oxygen atoms in total. The third-order valence-corrected chi connectivity index (χ3v) is 7.95. The van der Waals surface area contributed by atoms with Crippen LogP contribution in [-0.4, -0.2) is 53.5 Å². The second-order valence-corrected chi connectivity index (χ2v) is 10.3. The van der Waals surface area contributed by atoms with Crippen LogP contribution in [0, 0.1) is 5.92 Å². The summed E-state index contributed by atoms with van der Waals surface area (Å²) in [6.07, 6.45) is 8.46. The van der Waals surface area contributed by atoms with Crippen LogP contribution < -0.4 is 10.2 Å². The fourth-order valence-electron chi connectivity index (χ4n) is 4.81. The van der Waals surface area contributed by atoms with Crippen LogP contribution in [0.2, 0.25) is 0 Å². The number of nitrogens with one attached hydrogen (secondary N) is 1. The number of para-hydroxylation sites is 1. The Bertz CT molecular complexity index is 814. The number of fused-ring (bicyclic) bond motifs is 1. The fraction of sp³-hybridized carbons (Fsp3) is 0.625. The highest BCUT2D eigenvalue weighted by atomic mass is 32.2. The molecule has 1 unspecified atom stereocenters. The molecule has 1 saturated heterocycles. The van der Waals surface area contributed by atoms with E-state index in [-0.39, 0.29) is 30.3 Å². The Morgan fingerprint density at radius 2 is 1.71 bits per heavy atom. The first-order chi connectivity index (χ1) is 15.0. The largest absolute Gasteiger partial charge is 0.352 e. The van der Waals surface area contributed by atoms with E-state index in [2.05, 4.69) is 12.2 Å². The number of carbonyl (C=O) groups is 3. The summed E-state index contributed by atoms with van der Waals surface area (Å²) >= 11 is 1.33. The van der Waals surface area contributed by atoms with Gasteiger partial charge in [-0.3, -0.25) is 14.4 Å². The van der Waals surface area contributed by atoms with Crippen molar-refractivity contribution >= 4 is 35.2 Å². The molecule has 3 aliphatic rings. The molecule has 0 radical (unpaired) electrons. The monoisotopic (exact) mass is 443 g/mol. The van der Waals surface area contributed by atoms with Crippen LogP contribution in [-0.2, 0) is 14.4 Å². The quantitative estimate of drug-likeness (QED) is 0.722. The molecule has 2 aliphatic heterocycles. The van der Waals surface area contributed by atoms with Gasteiger partial charge in [-0.2, -0.15) is 0 Å². The lowest BCUT2D eigenvalue weighted by atomic mass is 9.87. The van der Waals surface area contributed by atoms with Crippen molar-refractivity contribution in [2.45, 2.75) is 74.5 Å². The Morgan fingerprint density at radius 1 is 1.03 bits per heavy atom. The van der Waals surface area contributed by atoms with Gasteiger partial charge in [0, 0.05) is 24.0 Å². The number of thioether (sulfide) groups is 1. The third-order valence-electron chi connectivity index (χ3n) is 6.72. The van der Waals surface area contributed by atoms with Crippen LogP contribution in [0.25, 0.3) is 0 Å². The van der Waals surface area contributed by atoms with E-state index in [1.165, 1.54) is 16.7 Å². The number of hydrogen-bond acceptors (Lipinski definition) is 4. The van der Waals surface area contributed by atoms with Gasteiger partial charge < -0.3 is 15.1 Å². The summed E-state index contributed by atoms with van der Waals surface area (Å²) in [5.41, 5.74) is 0.727. The zero-order valence-corrected chi connectivity index (χ0v) is 19.2. The molecule has 31 heavy (non-hydrogen) atoms. The predicted molar refractivity (Wildman–Crippen MR) is 123 cm³/mol. The van der Waals surface area contributed by atoms with E-state index in [9.17, 15) is 14.4 Å². The maximum atomic E-state index is 13.4. The van der Waals surface area contributed by atoms with Crippen molar-refractivity contribution in [3.63, 3.8) is 0 Å². The highest BCUT2D eigenvalue weighted by Crippen LogP contribution is 2.39. The van der Waals surface area contributed by atoms with Gasteiger partial charge in [0.15, 0.2) is 5.25 Å². The lowest BCUT2D eigenvalue weighted by molar-refractivity contribution is -0.135. The summed E-state index contributed by atoms with van der Waals surface area (Å²) in [5, 5.41) is 2.31. The van der Waals surface area contributed by atoms with E-state index in [1.54, 1.807) is 0 Å². The van der Waals surface area contributed by atoms with Gasteiger partial charge >= 0.3 is 0 Å². The Kier molecular flexibility index (Phi) is 7.20. The van der Waals surface area contributed by atoms with E-state index < -0.39 is 5.25 Å². The van der Waals surface area contributed by atoms with Crippen molar-refractivity contribution in [3.05, 3.63) is 24.3 Å². The van der Waals surface area contributed by atoms with E-state index in [1.807, 2.05) is 29.2 Å². The molecule has 0 spiro atoms. The van der Waals surface area contributed by atoms with Gasteiger partial charge in [-0.25, -0.2) is 0 Å². The molecule has 0 aromatic heterocycles. The van der Waals surface area contributed by atoms with Gasteiger partial charge in [0.05, 0.1) is 5.69 Å². The zero-order valence-electron chi connectivity index (χ0n) is 18.3. The lowest BCUT2D eigenvalue weighted by Crippen LogP contribution is -2.53. The molecule has 1 saturated carbocycles. The minimum Gasteiger partial charge on any atom is -0.352 e. The molecule has 4 rings (SSSR count). The second-order valence-electron chi connectivity index (χ2n) is 9.15. The van der Waals surface area contributed by atoms with E-state index >= 15 is 0 Å². The van der Waals surface area contributed by atoms with E-state index in [0.717, 1.165) is 61.9 Å². The smallest absolute Gasteiger partial charge is 0.250 e. The average Bonchev–Trinajstić information content (AvgIpc) is 3.06. The first kappa shape index (κ1) is 22.2. The number of benzene rings is 1. The van der Waals surface area contributed by atoms with Crippen molar-refractivity contribution in [2.24, 2.45) is 5.92 Å². The molecule has 0 bridgehead atoms. The highest BCUT2D eigenvalue weighted by molar-refractivity contribution is 8.01. The molecule has 1 aromatic carbocycles. The summed E-state index contributed by atoms with van der Waals surface area (Å²) in [5.74, 6) is 0.186. The molecule has 1 N–H and O–H groups in total. The first-order valence-electron chi connectivity index (χ1n) is 11.7. The highest BCUT2D eigenvalue weighted by Gasteiger charge is 2.41. The van der Waals surface area contributed by atoms with Gasteiger partial charge in [0.1, 0.15) is 6.54 Å². The van der Waals surface area contributed by atoms with Crippen molar-refractivity contribution < 1.29 is 14.4 Å². The first-order valence-corrected chi connectivity index (χ1v) is 12.6. The molecular weight excluding hydrogens is 410 g/mol. The van der Waals surface area contributed by atoms with Crippen LogP contribution in [0.1, 0.15) is 58.3 Å². The van der Waals surface area contributed by atoms with Crippen LogP contribution in [0.15, 0.2) is 29.2 Å². The molecule has 3 amide bonds. The number of rotatable bonds is 4. The topological polar surface area (TPSA) is 69.7 Å². The van der Waals surface area contributed by atoms with Gasteiger partial charge in [-0.1, -0.05) is 31.9 Å². The number of hydrogen-bond donors (Lipinski definition) is 1.